The minimum absolute atomic E-state index is 0.0705. The van der Waals surface area contributed by atoms with Crippen LogP contribution in [0.15, 0.2) is 52.1 Å². The Labute approximate surface area is 156 Å². The SMILES string of the molecule is CC[C@H](CO)NC(=NCc1cccc(C(F)(F)F)c1)NCCc1ccco1. The number of hydrogen-bond acceptors (Lipinski definition) is 3. The van der Waals surface area contributed by atoms with Crippen LogP contribution in [-0.4, -0.2) is 30.3 Å². The summed E-state index contributed by atoms with van der Waals surface area (Å²) in [6, 6.07) is 8.56. The van der Waals surface area contributed by atoms with Crippen molar-refractivity contribution in [2.75, 3.05) is 13.2 Å². The summed E-state index contributed by atoms with van der Waals surface area (Å²) in [6.07, 6.45) is -1.48. The number of benzene rings is 1. The largest absolute Gasteiger partial charge is 0.469 e. The minimum atomic E-state index is -4.38. The van der Waals surface area contributed by atoms with E-state index in [2.05, 4.69) is 15.6 Å². The van der Waals surface area contributed by atoms with Crippen LogP contribution in [0.5, 0.6) is 0 Å². The van der Waals surface area contributed by atoms with Gasteiger partial charge in [-0.05, 0) is 36.2 Å². The molecule has 1 aromatic heterocycles. The Morgan fingerprint density at radius 2 is 2.07 bits per heavy atom. The van der Waals surface area contributed by atoms with Crippen LogP contribution in [0.25, 0.3) is 0 Å². The lowest BCUT2D eigenvalue weighted by Gasteiger charge is -2.18. The number of furan rings is 1. The van der Waals surface area contributed by atoms with Crippen molar-refractivity contribution in [3.63, 3.8) is 0 Å². The van der Waals surface area contributed by atoms with Crippen LogP contribution in [0.2, 0.25) is 0 Å². The standard InChI is InChI=1S/C19H24F3N3O2/c1-2-16(13-26)25-18(23-9-8-17-7-4-10-27-17)24-12-14-5-3-6-15(11-14)19(20,21)22/h3-7,10-11,16,26H,2,8-9,12-13H2,1H3,(H2,23,24,25)/t16-/m1/s1. The molecular weight excluding hydrogens is 359 g/mol. The van der Waals surface area contributed by atoms with Gasteiger partial charge in [0.25, 0.3) is 0 Å². The first kappa shape index (κ1) is 20.8. The molecule has 2 aromatic rings. The fourth-order valence-corrected chi connectivity index (χ4v) is 2.40. The average molecular weight is 383 g/mol. The third-order valence-electron chi connectivity index (χ3n) is 3.97. The van der Waals surface area contributed by atoms with Gasteiger partial charge < -0.3 is 20.2 Å². The van der Waals surface area contributed by atoms with Gasteiger partial charge in [0.15, 0.2) is 5.96 Å². The highest BCUT2D eigenvalue weighted by Gasteiger charge is 2.30. The number of halogens is 3. The summed E-state index contributed by atoms with van der Waals surface area (Å²) in [6.45, 7) is 2.46. The number of alkyl halides is 3. The van der Waals surface area contributed by atoms with Gasteiger partial charge in [-0.2, -0.15) is 13.2 Å². The summed E-state index contributed by atoms with van der Waals surface area (Å²) >= 11 is 0. The topological polar surface area (TPSA) is 69.8 Å². The lowest BCUT2D eigenvalue weighted by Crippen LogP contribution is -2.45. The summed E-state index contributed by atoms with van der Waals surface area (Å²) in [5, 5.41) is 15.6. The van der Waals surface area contributed by atoms with E-state index in [1.54, 1.807) is 18.4 Å². The first-order valence-electron chi connectivity index (χ1n) is 8.76. The molecule has 0 aliphatic rings. The highest BCUT2D eigenvalue weighted by molar-refractivity contribution is 5.80. The molecule has 8 heteroatoms. The second-order valence-corrected chi connectivity index (χ2v) is 6.05. The zero-order valence-corrected chi connectivity index (χ0v) is 15.1. The monoisotopic (exact) mass is 383 g/mol. The fraction of sp³-hybridized carbons (Fsp3) is 0.421. The summed E-state index contributed by atoms with van der Waals surface area (Å²) in [5.41, 5.74) is -0.244. The molecule has 0 aliphatic heterocycles. The molecule has 0 fully saturated rings. The predicted octanol–water partition coefficient (Wildman–Crippen LogP) is 3.35. The first-order valence-corrected chi connectivity index (χ1v) is 8.76. The molecule has 1 atom stereocenters. The lowest BCUT2D eigenvalue weighted by molar-refractivity contribution is -0.137. The van der Waals surface area contributed by atoms with E-state index in [0.29, 0.717) is 30.9 Å². The van der Waals surface area contributed by atoms with E-state index in [4.69, 9.17) is 4.42 Å². The number of aliphatic hydroxyl groups is 1. The number of guanidine groups is 1. The van der Waals surface area contributed by atoms with Gasteiger partial charge >= 0.3 is 6.18 Å². The number of nitrogens with one attached hydrogen (secondary N) is 2. The number of nitrogens with zero attached hydrogens (tertiary/aromatic N) is 1. The maximum absolute atomic E-state index is 12.8. The van der Waals surface area contributed by atoms with Gasteiger partial charge in [-0.25, -0.2) is 4.99 Å². The third kappa shape index (κ3) is 6.97. The van der Waals surface area contributed by atoms with Crippen molar-refractivity contribution in [2.45, 2.75) is 38.5 Å². The average Bonchev–Trinajstić information content (AvgIpc) is 3.16. The smallest absolute Gasteiger partial charge is 0.416 e. The van der Waals surface area contributed by atoms with Gasteiger partial charge in [-0.1, -0.05) is 19.1 Å². The third-order valence-corrected chi connectivity index (χ3v) is 3.97. The summed E-state index contributed by atoms with van der Waals surface area (Å²) in [5.74, 6) is 1.24. The molecule has 5 nitrogen and oxygen atoms in total. The van der Waals surface area contributed by atoms with Crippen molar-refractivity contribution in [1.82, 2.24) is 10.6 Å². The van der Waals surface area contributed by atoms with Crippen molar-refractivity contribution in [2.24, 2.45) is 4.99 Å². The van der Waals surface area contributed by atoms with Gasteiger partial charge in [0, 0.05) is 13.0 Å². The van der Waals surface area contributed by atoms with Crippen LogP contribution in [0.3, 0.4) is 0 Å². The summed E-state index contributed by atoms with van der Waals surface area (Å²) < 4.78 is 43.8. The quantitative estimate of drug-likeness (QED) is 0.483. The Kier molecular flexibility index (Phi) is 7.72. The van der Waals surface area contributed by atoms with Gasteiger partial charge in [0.05, 0.1) is 31.0 Å². The van der Waals surface area contributed by atoms with Crippen LogP contribution in [0.1, 0.15) is 30.2 Å². The molecule has 0 saturated heterocycles. The van der Waals surface area contributed by atoms with Crippen LogP contribution in [0.4, 0.5) is 13.2 Å². The number of hydrogen-bond donors (Lipinski definition) is 3. The summed E-state index contributed by atoms with van der Waals surface area (Å²) in [7, 11) is 0. The molecule has 27 heavy (non-hydrogen) atoms. The van der Waals surface area contributed by atoms with Crippen LogP contribution in [0, 0.1) is 0 Å². The van der Waals surface area contributed by atoms with Crippen LogP contribution >= 0.6 is 0 Å². The normalized spacial score (nSPS) is 13.4. The Morgan fingerprint density at radius 1 is 1.26 bits per heavy atom. The lowest BCUT2D eigenvalue weighted by atomic mass is 10.1. The van der Waals surface area contributed by atoms with E-state index in [1.165, 1.54) is 6.07 Å². The van der Waals surface area contributed by atoms with Gasteiger partial charge in [0.1, 0.15) is 5.76 Å². The van der Waals surface area contributed by atoms with E-state index in [1.807, 2.05) is 13.0 Å². The zero-order valence-electron chi connectivity index (χ0n) is 15.1. The van der Waals surface area contributed by atoms with Gasteiger partial charge in [0.2, 0.25) is 0 Å². The molecule has 0 saturated carbocycles. The van der Waals surface area contributed by atoms with Crippen molar-refractivity contribution < 1.29 is 22.7 Å². The van der Waals surface area contributed by atoms with Crippen molar-refractivity contribution in [1.29, 1.82) is 0 Å². The van der Waals surface area contributed by atoms with Crippen molar-refractivity contribution in [3.05, 3.63) is 59.5 Å². The Bertz CT molecular complexity index is 711. The fourth-order valence-electron chi connectivity index (χ4n) is 2.40. The van der Waals surface area contributed by atoms with E-state index in [-0.39, 0.29) is 19.2 Å². The number of aliphatic imine (C=N–C) groups is 1. The molecule has 0 unspecified atom stereocenters. The Morgan fingerprint density at radius 3 is 2.70 bits per heavy atom. The molecular formula is C19H24F3N3O2. The molecule has 2 rings (SSSR count). The summed E-state index contributed by atoms with van der Waals surface area (Å²) in [4.78, 5) is 4.36. The van der Waals surface area contributed by atoms with Crippen molar-refractivity contribution >= 4 is 5.96 Å². The second-order valence-electron chi connectivity index (χ2n) is 6.05. The maximum Gasteiger partial charge on any atom is 0.416 e. The molecule has 1 aromatic carbocycles. The molecule has 148 valence electrons. The molecule has 3 N–H and O–H groups in total. The highest BCUT2D eigenvalue weighted by Crippen LogP contribution is 2.29. The molecule has 0 bridgehead atoms. The van der Waals surface area contributed by atoms with Crippen molar-refractivity contribution in [3.8, 4) is 0 Å². The maximum atomic E-state index is 12.8. The highest BCUT2D eigenvalue weighted by atomic mass is 19.4. The van der Waals surface area contributed by atoms with Gasteiger partial charge in [-0.15, -0.1) is 0 Å². The van der Waals surface area contributed by atoms with E-state index < -0.39 is 11.7 Å². The molecule has 0 radical (unpaired) electrons. The molecule has 0 aliphatic carbocycles. The zero-order chi connectivity index (χ0) is 19.7. The van der Waals surface area contributed by atoms with Gasteiger partial charge in [-0.3, -0.25) is 0 Å². The Hall–Kier alpha value is -2.48. The minimum Gasteiger partial charge on any atom is -0.469 e. The van der Waals surface area contributed by atoms with E-state index >= 15 is 0 Å². The molecule has 1 heterocycles. The molecule has 0 spiro atoms. The Balaban J connectivity index is 2.04. The van der Waals surface area contributed by atoms with E-state index in [0.717, 1.165) is 17.9 Å². The van der Waals surface area contributed by atoms with Crippen LogP contribution in [-0.2, 0) is 19.1 Å². The second kappa shape index (κ2) is 10.0. The molecule has 0 amide bonds. The van der Waals surface area contributed by atoms with Crippen LogP contribution < -0.4 is 10.6 Å². The predicted molar refractivity (Wildman–Crippen MR) is 97.3 cm³/mol. The van der Waals surface area contributed by atoms with E-state index in [9.17, 15) is 18.3 Å². The first-order chi connectivity index (χ1) is 12.9. The number of aliphatic hydroxyl groups excluding tert-OH is 1. The number of rotatable bonds is 8.